The number of hydrogen-bond acceptors (Lipinski definition) is 6. The lowest BCUT2D eigenvalue weighted by atomic mass is 9.91. The number of anilines is 1. The highest BCUT2D eigenvalue weighted by Gasteiger charge is 2.32. The van der Waals surface area contributed by atoms with Crippen LogP contribution in [0.15, 0.2) is 18.5 Å². The van der Waals surface area contributed by atoms with Crippen molar-refractivity contribution in [3.8, 4) is 5.75 Å². The third-order valence-electron chi connectivity index (χ3n) is 6.47. The Hall–Kier alpha value is -2.91. The third-order valence-corrected chi connectivity index (χ3v) is 6.74. The maximum Gasteiger partial charge on any atom is 0.258 e. The lowest BCUT2D eigenvalue weighted by Gasteiger charge is -2.29. The molecular weight excluding hydrogens is 473 g/mol. The van der Waals surface area contributed by atoms with Gasteiger partial charge in [0, 0.05) is 23.9 Å². The van der Waals surface area contributed by atoms with E-state index in [-0.39, 0.29) is 22.4 Å². The molecule has 2 aromatic heterocycles. The van der Waals surface area contributed by atoms with Crippen molar-refractivity contribution >= 4 is 28.8 Å². The van der Waals surface area contributed by atoms with Gasteiger partial charge in [0.1, 0.15) is 28.5 Å². The van der Waals surface area contributed by atoms with Crippen LogP contribution in [0.4, 0.5) is 10.2 Å². The van der Waals surface area contributed by atoms with Crippen molar-refractivity contribution in [2.24, 2.45) is 0 Å². The first-order valence-corrected chi connectivity index (χ1v) is 12.2. The first-order chi connectivity index (χ1) is 16.6. The molecule has 0 radical (unpaired) electrons. The van der Waals surface area contributed by atoms with Gasteiger partial charge in [0.15, 0.2) is 5.82 Å². The molecule has 1 aliphatic rings. The van der Waals surface area contributed by atoms with Crippen LogP contribution in [-0.4, -0.2) is 43.6 Å². The Morgan fingerprint density at radius 1 is 1.34 bits per heavy atom. The molecule has 1 aliphatic carbocycles. The fraction of sp³-hybridized carbons (Fsp3) is 0.480. The third kappa shape index (κ3) is 4.79. The van der Waals surface area contributed by atoms with Crippen LogP contribution in [0, 0.1) is 12.7 Å². The molecule has 3 aromatic rings. The molecule has 1 amide bonds. The summed E-state index contributed by atoms with van der Waals surface area (Å²) in [5.41, 5.74) is 7.69. The van der Waals surface area contributed by atoms with Crippen LogP contribution >= 0.6 is 11.6 Å². The number of imidazole rings is 1. The Labute approximate surface area is 208 Å². The van der Waals surface area contributed by atoms with E-state index in [2.05, 4.69) is 10.3 Å². The number of hydrogen-bond donors (Lipinski definition) is 3. The summed E-state index contributed by atoms with van der Waals surface area (Å²) >= 11 is 6.31. The molecule has 1 fully saturated rings. The van der Waals surface area contributed by atoms with Crippen molar-refractivity contribution in [3.05, 3.63) is 51.9 Å². The maximum absolute atomic E-state index is 15.4. The zero-order valence-corrected chi connectivity index (χ0v) is 21.1. The molecule has 0 aliphatic heterocycles. The molecule has 10 heteroatoms. The number of nitrogens with zero attached hydrogens (tertiary/aromatic N) is 3. The molecular formula is C25H31ClFN5O3. The van der Waals surface area contributed by atoms with Gasteiger partial charge < -0.3 is 20.9 Å². The number of aromatic nitrogens is 3. The first kappa shape index (κ1) is 25.2. The monoisotopic (exact) mass is 503 g/mol. The van der Waals surface area contributed by atoms with E-state index in [1.807, 2.05) is 18.2 Å². The molecule has 188 valence electrons. The van der Waals surface area contributed by atoms with Crippen molar-refractivity contribution in [2.75, 3.05) is 5.73 Å². The molecule has 1 saturated carbocycles. The Morgan fingerprint density at radius 2 is 2.06 bits per heavy atom. The second-order valence-electron chi connectivity index (χ2n) is 9.37. The zero-order valence-electron chi connectivity index (χ0n) is 20.3. The second kappa shape index (κ2) is 9.99. The Bertz CT molecular complexity index is 1260. The molecule has 35 heavy (non-hydrogen) atoms. The zero-order chi connectivity index (χ0) is 25.4. The van der Waals surface area contributed by atoms with Crippen LogP contribution < -0.4 is 15.8 Å². The van der Waals surface area contributed by atoms with Crippen LogP contribution in [0.2, 0.25) is 5.02 Å². The summed E-state index contributed by atoms with van der Waals surface area (Å²) < 4.78 is 23.3. The van der Waals surface area contributed by atoms with E-state index in [0.29, 0.717) is 41.3 Å². The Kier molecular flexibility index (Phi) is 7.19. The quantitative estimate of drug-likeness (QED) is 0.459. The topological polar surface area (TPSA) is 115 Å². The van der Waals surface area contributed by atoms with Gasteiger partial charge in [0.2, 0.25) is 0 Å². The van der Waals surface area contributed by atoms with Crippen LogP contribution in [-0.2, 0) is 0 Å². The van der Waals surface area contributed by atoms with Crippen LogP contribution in [0.25, 0.3) is 5.52 Å². The predicted molar refractivity (Wildman–Crippen MR) is 133 cm³/mol. The number of aliphatic hydroxyl groups is 1. The molecule has 8 nitrogen and oxygen atoms in total. The highest BCUT2D eigenvalue weighted by molar-refractivity contribution is 6.31. The number of benzene rings is 1. The van der Waals surface area contributed by atoms with Gasteiger partial charge in [-0.2, -0.15) is 0 Å². The molecule has 1 aromatic carbocycles. The fourth-order valence-corrected chi connectivity index (χ4v) is 4.96. The summed E-state index contributed by atoms with van der Waals surface area (Å²) in [6, 6.07) is 1.02. The summed E-state index contributed by atoms with van der Waals surface area (Å²) in [5, 5.41) is 12.9. The molecule has 4 N–H and O–H groups in total. The van der Waals surface area contributed by atoms with Crippen LogP contribution in [0.5, 0.6) is 5.75 Å². The Balaban J connectivity index is 1.84. The van der Waals surface area contributed by atoms with Gasteiger partial charge in [0.05, 0.1) is 29.0 Å². The van der Waals surface area contributed by atoms with Crippen LogP contribution in [0.3, 0.4) is 0 Å². The van der Waals surface area contributed by atoms with Gasteiger partial charge >= 0.3 is 0 Å². The van der Waals surface area contributed by atoms with Crippen LogP contribution in [0.1, 0.15) is 79.8 Å². The standard InChI is InChI=1S/C25H31ClFN5O3/c1-12(2)35-22-15(13(3)24-30-14(4)21-23(28)29-9-10-32(21)24)11-16(26)20(27)19(22)25(34)31-17-7-5-6-8-18(17)33/h9-13,17-18,33H,5-8H2,1-4H3,(H2,28,29)(H,31,34)/t13?,17-,18-/m1/s1. The maximum atomic E-state index is 15.4. The van der Waals surface area contributed by atoms with Gasteiger partial charge in [-0.05, 0) is 39.7 Å². The van der Waals surface area contributed by atoms with Crippen molar-refractivity contribution in [1.29, 1.82) is 0 Å². The number of nitrogens with two attached hydrogens (primary N) is 1. The highest BCUT2D eigenvalue weighted by atomic mass is 35.5. The summed E-state index contributed by atoms with van der Waals surface area (Å²) in [7, 11) is 0. The van der Waals surface area contributed by atoms with Gasteiger partial charge in [-0.15, -0.1) is 0 Å². The minimum absolute atomic E-state index is 0.105. The number of amides is 1. The molecule has 2 heterocycles. The number of rotatable bonds is 6. The van der Waals surface area contributed by atoms with E-state index in [9.17, 15) is 9.90 Å². The van der Waals surface area contributed by atoms with Crippen molar-refractivity contribution in [2.45, 2.75) is 77.5 Å². The summed E-state index contributed by atoms with van der Waals surface area (Å²) in [4.78, 5) is 22.2. The van der Waals surface area contributed by atoms with Crippen molar-refractivity contribution in [3.63, 3.8) is 0 Å². The highest BCUT2D eigenvalue weighted by Crippen LogP contribution is 2.40. The number of carbonyl (C=O) groups excluding carboxylic acids is 1. The number of ether oxygens (including phenoxy) is 1. The van der Waals surface area contributed by atoms with Crippen molar-refractivity contribution in [1.82, 2.24) is 19.7 Å². The van der Waals surface area contributed by atoms with E-state index in [4.69, 9.17) is 27.1 Å². The smallest absolute Gasteiger partial charge is 0.258 e. The molecule has 0 bridgehead atoms. The fourth-order valence-electron chi connectivity index (χ4n) is 4.75. The molecule has 0 saturated heterocycles. The number of aliphatic hydroxyl groups excluding tert-OH is 1. The summed E-state index contributed by atoms with van der Waals surface area (Å²) in [5.74, 6) is -0.892. The summed E-state index contributed by atoms with van der Waals surface area (Å²) in [6.07, 6.45) is 5.29. The van der Waals surface area contributed by atoms with Crippen molar-refractivity contribution < 1.29 is 19.0 Å². The lowest BCUT2D eigenvalue weighted by molar-refractivity contribution is 0.0710. The van der Waals surface area contributed by atoms with Gasteiger partial charge in [-0.3, -0.25) is 9.20 Å². The van der Waals surface area contributed by atoms with E-state index >= 15 is 4.39 Å². The SMILES string of the molecule is Cc1nc(C(C)c2cc(Cl)c(F)c(C(=O)N[C@@H]3CCCC[C@H]3O)c2OC(C)C)n2ccnc(N)c12. The molecule has 1 unspecified atom stereocenters. The second-order valence-corrected chi connectivity index (χ2v) is 9.78. The van der Waals surface area contributed by atoms with Gasteiger partial charge in [0.25, 0.3) is 5.91 Å². The average Bonchev–Trinajstić information content (AvgIpc) is 3.14. The van der Waals surface area contributed by atoms with E-state index in [0.717, 1.165) is 12.8 Å². The average molecular weight is 504 g/mol. The Morgan fingerprint density at radius 3 is 2.74 bits per heavy atom. The number of nitrogen functional groups attached to an aromatic ring is 1. The normalized spacial score (nSPS) is 19.2. The largest absolute Gasteiger partial charge is 0.490 e. The number of halogens is 2. The predicted octanol–water partition coefficient (Wildman–Crippen LogP) is 4.38. The minimum Gasteiger partial charge on any atom is -0.490 e. The van der Waals surface area contributed by atoms with E-state index < -0.39 is 29.8 Å². The minimum atomic E-state index is -0.862. The molecule has 3 atom stereocenters. The number of fused-ring (bicyclic) bond motifs is 1. The first-order valence-electron chi connectivity index (χ1n) is 11.9. The van der Waals surface area contributed by atoms with Gasteiger partial charge in [-0.1, -0.05) is 31.4 Å². The van der Waals surface area contributed by atoms with E-state index in [1.165, 1.54) is 6.07 Å². The number of nitrogens with one attached hydrogen (secondary N) is 1. The lowest BCUT2D eigenvalue weighted by Crippen LogP contribution is -2.45. The summed E-state index contributed by atoms with van der Waals surface area (Å²) in [6.45, 7) is 7.32. The molecule has 0 spiro atoms. The number of carbonyl (C=O) groups is 1. The van der Waals surface area contributed by atoms with E-state index in [1.54, 1.807) is 26.2 Å². The molecule has 4 rings (SSSR count). The number of aryl methyl sites for hydroxylation is 1. The van der Waals surface area contributed by atoms with Gasteiger partial charge in [-0.25, -0.2) is 14.4 Å².